The van der Waals surface area contributed by atoms with Crippen LogP contribution in [-0.2, 0) is 4.79 Å². The van der Waals surface area contributed by atoms with Gasteiger partial charge in [0.05, 0.1) is 15.6 Å². The van der Waals surface area contributed by atoms with Crippen molar-refractivity contribution in [3.63, 3.8) is 0 Å². The summed E-state index contributed by atoms with van der Waals surface area (Å²) in [6, 6.07) is 4.36. The third-order valence-corrected chi connectivity index (χ3v) is 4.66. The first kappa shape index (κ1) is 20.0. The number of halogens is 3. The molecule has 128 valence electrons. The lowest BCUT2D eigenvalue weighted by Gasteiger charge is -2.27. The Hall–Kier alpha value is -1.01. The molecule has 1 aromatic carbocycles. The minimum absolute atomic E-state index is 0. The molecule has 1 aliphatic heterocycles. The van der Waals surface area contributed by atoms with Crippen LogP contribution in [0.1, 0.15) is 23.7 Å². The maximum absolute atomic E-state index is 12.4. The zero-order chi connectivity index (χ0) is 16.3. The molecule has 1 saturated heterocycles. The van der Waals surface area contributed by atoms with Crippen LogP contribution in [0.3, 0.4) is 0 Å². The van der Waals surface area contributed by atoms with Crippen LogP contribution < -0.4 is 10.6 Å². The van der Waals surface area contributed by atoms with E-state index < -0.39 is 11.9 Å². The number of carbonyl (C=O) groups excluding carboxylic acids is 2. The Labute approximate surface area is 152 Å². The molecule has 5 nitrogen and oxygen atoms in total. The molecule has 2 atom stereocenters. The molecule has 0 saturated carbocycles. The van der Waals surface area contributed by atoms with E-state index in [2.05, 4.69) is 10.6 Å². The summed E-state index contributed by atoms with van der Waals surface area (Å²) in [5.41, 5.74) is 0.263. The summed E-state index contributed by atoms with van der Waals surface area (Å²) in [5, 5.41) is 6.39. The van der Waals surface area contributed by atoms with Crippen molar-refractivity contribution in [2.75, 3.05) is 20.1 Å². The molecule has 2 N–H and O–H groups in total. The minimum Gasteiger partial charge on any atom is -0.340 e. The Kier molecular flexibility index (Phi) is 7.61. The van der Waals surface area contributed by atoms with Gasteiger partial charge in [0.2, 0.25) is 5.91 Å². The van der Waals surface area contributed by atoms with Crippen molar-refractivity contribution in [3.8, 4) is 0 Å². The van der Waals surface area contributed by atoms with Gasteiger partial charge in [0.1, 0.15) is 6.04 Å². The van der Waals surface area contributed by atoms with Crippen molar-refractivity contribution >= 4 is 47.4 Å². The Balaban J connectivity index is 0.00000264. The molecule has 8 heteroatoms. The summed E-state index contributed by atoms with van der Waals surface area (Å²) in [5.74, 6) is -0.536. The Bertz CT molecular complexity index is 577. The van der Waals surface area contributed by atoms with E-state index in [1.807, 2.05) is 0 Å². The summed E-state index contributed by atoms with van der Waals surface area (Å²) in [7, 11) is 1.76. The maximum Gasteiger partial charge on any atom is 0.253 e. The number of rotatable bonds is 4. The first-order valence-corrected chi connectivity index (χ1v) is 7.89. The highest BCUT2D eigenvalue weighted by molar-refractivity contribution is 6.43. The molecule has 1 fully saturated rings. The van der Waals surface area contributed by atoms with Crippen molar-refractivity contribution in [2.24, 2.45) is 0 Å². The molecule has 2 unspecified atom stereocenters. The van der Waals surface area contributed by atoms with E-state index >= 15 is 0 Å². The van der Waals surface area contributed by atoms with Gasteiger partial charge in [-0.25, -0.2) is 0 Å². The summed E-state index contributed by atoms with van der Waals surface area (Å²) >= 11 is 11.9. The lowest BCUT2D eigenvalue weighted by Crippen LogP contribution is -2.49. The highest BCUT2D eigenvalue weighted by atomic mass is 35.5. The van der Waals surface area contributed by atoms with E-state index in [-0.39, 0.29) is 34.9 Å². The molecule has 1 aromatic rings. The average Bonchev–Trinajstić information content (AvgIpc) is 3.02. The zero-order valence-electron chi connectivity index (χ0n) is 12.9. The summed E-state index contributed by atoms with van der Waals surface area (Å²) in [6.07, 6.45) is 0.920. The van der Waals surface area contributed by atoms with Gasteiger partial charge >= 0.3 is 0 Å². The molecule has 0 spiro atoms. The molecule has 2 amide bonds. The molecule has 0 aliphatic carbocycles. The number of hydrogen-bond acceptors (Lipinski definition) is 3. The summed E-state index contributed by atoms with van der Waals surface area (Å²) < 4.78 is 0. The molecule has 23 heavy (non-hydrogen) atoms. The highest BCUT2D eigenvalue weighted by Gasteiger charge is 2.27. The number of nitrogens with zero attached hydrogens (tertiary/aromatic N) is 1. The van der Waals surface area contributed by atoms with Crippen LogP contribution in [0.4, 0.5) is 0 Å². The lowest BCUT2D eigenvalue weighted by molar-refractivity contribution is -0.133. The third-order valence-electron chi connectivity index (χ3n) is 3.84. The highest BCUT2D eigenvalue weighted by Crippen LogP contribution is 2.25. The summed E-state index contributed by atoms with van der Waals surface area (Å²) in [6.45, 7) is 3.35. The average molecular weight is 381 g/mol. The SMILES string of the molecule is CC(NC(=O)c1cccc(Cl)c1Cl)C(=O)N(C)C1CCNC1.Cl. The second-order valence-corrected chi connectivity index (χ2v) is 6.18. The Morgan fingerprint density at radius 1 is 1.39 bits per heavy atom. The van der Waals surface area contributed by atoms with Crippen LogP contribution >= 0.6 is 35.6 Å². The van der Waals surface area contributed by atoms with Crippen molar-refractivity contribution in [3.05, 3.63) is 33.8 Å². The molecule has 0 radical (unpaired) electrons. The molecule has 1 aliphatic rings. The number of hydrogen-bond donors (Lipinski definition) is 2. The first-order chi connectivity index (χ1) is 10.4. The van der Waals surface area contributed by atoms with Gasteiger partial charge in [-0.2, -0.15) is 0 Å². The van der Waals surface area contributed by atoms with Gasteiger partial charge < -0.3 is 15.5 Å². The smallest absolute Gasteiger partial charge is 0.253 e. The van der Waals surface area contributed by atoms with E-state index in [1.54, 1.807) is 37.1 Å². The number of likely N-dealkylation sites (N-methyl/N-ethyl adjacent to an activating group) is 1. The largest absolute Gasteiger partial charge is 0.340 e. The van der Waals surface area contributed by atoms with Gasteiger partial charge in [-0.05, 0) is 32.0 Å². The van der Waals surface area contributed by atoms with Crippen LogP contribution in [0.25, 0.3) is 0 Å². The van der Waals surface area contributed by atoms with Crippen LogP contribution in [0.2, 0.25) is 10.0 Å². The van der Waals surface area contributed by atoms with Gasteiger partial charge in [-0.1, -0.05) is 29.3 Å². The van der Waals surface area contributed by atoms with E-state index in [0.717, 1.165) is 19.5 Å². The standard InChI is InChI=1S/C15H19Cl2N3O2.ClH/c1-9(15(22)20(2)10-6-7-18-8-10)19-14(21)11-4-3-5-12(16)13(11)17;/h3-5,9-10,18H,6-8H2,1-2H3,(H,19,21);1H. The number of benzene rings is 1. The predicted octanol–water partition coefficient (Wildman–Crippen LogP) is 2.35. The quantitative estimate of drug-likeness (QED) is 0.843. The Morgan fingerprint density at radius 2 is 2.09 bits per heavy atom. The van der Waals surface area contributed by atoms with Crippen molar-refractivity contribution in [1.29, 1.82) is 0 Å². The van der Waals surface area contributed by atoms with E-state index in [1.165, 1.54) is 0 Å². The fourth-order valence-corrected chi connectivity index (χ4v) is 2.86. The lowest BCUT2D eigenvalue weighted by atomic mass is 10.1. The Morgan fingerprint density at radius 3 is 2.70 bits per heavy atom. The van der Waals surface area contributed by atoms with Crippen molar-refractivity contribution < 1.29 is 9.59 Å². The predicted molar refractivity (Wildman–Crippen MR) is 94.7 cm³/mol. The molecule has 2 rings (SSSR count). The van der Waals surface area contributed by atoms with E-state index in [4.69, 9.17) is 23.2 Å². The van der Waals surface area contributed by atoms with Crippen molar-refractivity contribution in [1.82, 2.24) is 15.5 Å². The normalized spacial score (nSPS) is 18.0. The zero-order valence-corrected chi connectivity index (χ0v) is 15.3. The van der Waals surface area contributed by atoms with Gasteiger partial charge in [0.25, 0.3) is 5.91 Å². The van der Waals surface area contributed by atoms with E-state index in [0.29, 0.717) is 5.02 Å². The number of amides is 2. The second-order valence-electron chi connectivity index (χ2n) is 5.39. The maximum atomic E-state index is 12.4. The van der Waals surface area contributed by atoms with Gasteiger partial charge in [0, 0.05) is 19.6 Å². The molecular weight excluding hydrogens is 361 g/mol. The molecule has 0 bridgehead atoms. The first-order valence-electron chi connectivity index (χ1n) is 7.14. The van der Waals surface area contributed by atoms with Gasteiger partial charge in [0.15, 0.2) is 0 Å². The monoisotopic (exact) mass is 379 g/mol. The molecule has 1 heterocycles. The van der Waals surface area contributed by atoms with Crippen LogP contribution in [0.5, 0.6) is 0 Å². The molecule has 0 aromatic heterocycles. The fourth-order valence-electron chi connectivity index (χ4n) is 2.47. The minimum atomic E-state index is -0.631. The van der Waals surface area contributed by atoms with Crippen LogP contribution in [-0.4, -0.2) is 48.9 Å². The summed E-state index contributed by atoms with van der Waals surface area (Å²) in [4.78, 5) is 26.3. The van der Waals surface area contributed by atoms with Gasteiger partial charge in [-0.15, -0.1) is 12.4 Å². The number of nitrogens with one attached hydrogen (secondary N) is 2. The van der Waals surface area contributed by atoms with Crippen LogP contribution in [0, 0.1) is 0 Å². The van der Waals surface area contributed by atoms with Crippen molar-refractivity contribution in [2.45, 2.75) is 25.4 Å². The van der Waals surface area contributed by atoms with E-state index in [9.17, 15) is 9.59 Å². The molecular formula is C15H20Cl3N3O2. The number of carbonyl (C=O) groups is 2. The third kappa shape index (κ3) is 4.73. The van der Waals surface area contributed by atoms with Crippen LogP contribution in [0.15, 0.2) is 18.2 Å². The second kappa shape index (κ2) is 8.73. The van der Waals surface area contributed by atoms with Gasteiger partial charge in [-0.3, -0.25) is 9.59 Å². The fraction of sp³-hybridized carbons (Fsp3) is 0.467. The topological polar surface area (TPSA) is 61.4 Å².